The molecular weight excluding hydrogens is 212 g/mol. The molecular formula is C14H28N2O. The molecule has 0 aromatic rings. The highest BCUT2D eigenvalue weighted by atomic mass is 16.5. The summed E-state index contributed by atoms with van der Waals surface area (Å²) in [5, 5.41) is 3.73. The maximum atomic E-state index is 5.41. The summed E-state index contributed by atoms with van der Waals surface area (Å²) in [6.45, 7) is 9.28. The first kappa shape index (κ1) is 13.3. The summed E-state index contributed by atoms with van der Waals surface area (Å²) >= 11 is 0. The van der Waals surface area contributed by atoms with E-state index >= 15 is 0 Å². The van der Waals surface area contributed by atoms with Gasteiger partial charge in [-0.05, 0) is 51.2 Å². The quantitative estimate of drug-likeness (QED) is 0.767. The third kappa shape index (κ3) is 4.57. The van der Waals surface area contributed by atoms with E-state index in [1.807, 2.05) is 0 Å². The van der Waals surface area contributed by atoms with E-state index in [1.165, 1.54) is 58.3 Å². The maximum Gasteiger partial charge on any atom is 0.0507 e. The van der Waals surface area contributed by atoms with Crippen molar-refractivity contribution < 1.29 is 4.74 Å². The van der Waals surface area contributed by atoms with Crippen LogP contribution in [0, 0.1) is 5.92 Å². The van der Waals surface area contributed by atoms with E-state index in [9.17, 15) is 0 Å². The molecule has 2 heterocycles. The summed E-state index contributed by atoms with van der Waals surface area (Å²) in [5.41, 5.74) is 0. The first-order chi connectivity index (χ1) is 8.38. The second-order valence-electron chi connectivity index (χ2n) is 5.61. The van der Waals surface area contributed by atoms with E-state index in [-0.39, 0.29) is 0 Å². The highest BCUT2D eigenvalue weighted by molar-refractivity contribution is 4.78. The smallest absolute Gasteiger partial charge is 0.0507 e. The van der Waals surface area contributed by atoms with Gasteiger partial charge in [0, 0.05) is 19.2 Å². The molecule has 2 aliphatic heterocycles. The molecule has 2 aliphatic rings. The van der Waals surface area contributed by atoms with Crippen LogP contribution in [-0.2, 0) is 4.74 Å². The molecule has 2 rings (SSSR count). The minimum atomic E-state index is 0.758. The van der Waals surface area contributed by atoms with Crippen LogP contribution in [0.4, 0.5) is 0 Å². The highest BCUT2D eigenvalue weighted by Crippen LogP contribution is 2.14. The summed E-state index contributed by atoms with van der Waals surface area (Å²) in [5.74, 6) is 0.771. The molecule has 2 fully saturated rings. The van der Waals surface area contributed by atoms with Crippen LogP contribution in [0.3, 0.4) is 0 Å². The fraction of sp³-hybridized carbons (Fsp3) is 1.00. The summed E-state index contributed by atoms with van der Waals surface area (Å²) in [6.07, 6.45) is 6.59. The first-order valence-corrected chi connectivity index (χ1v) is 7.42. The number of unbranched alkanes of at least 4 members (excludes halogenated alkanes) is 1. The Hall–Kier alpha value is -0.120. The van der Waals surface area contributed by atoms with Crippen molar-refractivity contribution in [3.8, 4) is 0 Å². The van der Waals surface area contributed by atoms with Crippen molar-refractivity contribution in [3.63, 3.8) is 0 Å². The number of ether oxygens (including phenoxy) is 1. The van der Waals surface area contributed by atoms with Gasteiger partial charge in [0.1, 0.15) is 0 Å². The molecule has 0 spiro atoms. The molecule has 1 atom stereocenters. The van der Waals surface area contributed by atoms with Gasteiger partial charge in [0.05, 0.1) is 6.61 Å². The van der Waals surface area contributed by atoms with Gasteiger partial charge in [-0.1, -0.05) is 13.3 Å². The lowest BCUT2D eigenvalue weighted by Gasteiger charge is -2.32. The molecule has 0 amide bonds. The van der Waals surface area contributed by atoms with E-state index in [2.05, 4.69) is 17.1 Å². The van der Waals surface area contributed by atoms with Crippen molar-refractivity contribution in [3.05, 3.63) is 0 Å². The predicted octanol–water partition coefficient (Wildman–Crippen LogP) is 1.88. The summed E-state index contributed by atoms with van der Waals surface area (Å²) < 4.78 is 5.41. The molecule has 2 saturated heterocycles. The van der Waals surface area contributed by atoms with Gasteiger partial charge in [-0.15, -0.1) is 0 Å². The Morgan fingerprint density at radius 1 is 1.24 bits per heavy atom. The van der Waals surface area contributed by atoms with E-state index in [0.717, 1.165) is 25.2 Å². The third-order valence-corrected chi connectivity index (χ3v) is 4.13. The topological polar surface area (TPSA) is 24.5 Å². The number of hydrogen-bond donors (Lipinski definition) is 1. The van der Waals surface area contributed by atoms with Crippen molar-refractivity contribution >= 4 is 0 Å². The Morgan fingerprint density at radius 2 is 2.06 bits per heavy atom. The van der Waals surface area contributed by atoms with Crippen molar-refractivity contribution in [1.82, 2.24) is 10.2 Å². The SMILES string of the molecule is CCCCN1CCC(NCC2CCOC2)CC1. The largest absolute Gasteiger partial charge is 0.381 e. The molecule has 0 bridgehead atoms. The number of hydrogen-bond acceptors (Lipinski definition) is 3. The normalized spacial score (nSPS) is 27.7. The van der Waals surface area contributed by atoms with Gasteiger partial charge in [-0.2, -0.15) is 0 Å². The second kappa shape index (κ2) is 7.34. The molecule has 1 unspecified atom stereocenters. The Bertz CT molecular complexity index is 196. The molecule has 0 saturated carbocycles. The van der Waals surface area contributed by atoms with Crippen molar-refractivity contribution in [2.24, 2.45) is 5.92 Å². The van der Waals surface area contributed by atoms with Crippen molar-refractivity contribution in [2.75, 3.05) is 39.4 Å². The number of rotatable bonds is 6. The van der Waals surface area contributed by atoms with Gasteiger partial charge in [0.2, 0.25) is 0 Å². The molecule has 17 heavy (non-hydrogen) atoms. The second-order valence-corrected chi connectivity index (χ2v) is 5.61. The Morgan fingerprint density at radius 3 is 2.71 bits per heavy atom. The lowest BCUT2D eigenvalue weighted by Crippen LogP contribution is -2.44. The zero-order valence-corrected chi connectivity index (χ0v) is 11.3. The number of nitrogens with zero attached hydrogens (tertiary/aromatic N) is 1. The monoisotopic (exact) mass is 240 g/mol. The zero-order chi connectivity index (χ0) is 11.9. The standard InChI is InChI=1S/C14H28N2O/c1-2-3-7-16-8-4-14(5-9-16)15-11-13-6-10-17-12-13/h13-15H,2-12H2,1H3. The Kier molecular flexibility index (Phi) is 5.75. The van der Waals surface area contributed by atoms with Crippen LogP contribution in [0.2, 0.25) is 0 Å². The van der Waals surface area contributed by atoms with E-state index in [1.54, 1.807) is 0 Å². The van der Waals surface area contributed by atoms with Gasteiger partial charge < -0.3 is 15.0 Å². The van der Waals surface area contributed by atoms with Crippen molar-refractivity contribution in [1.29, 1.82) is 0 Å². The van der Waals surface area contributed by atoms with Crippen LogP contribution in [0.15, 0.2) is 0 Å². The fourth-order valence-electron chi connectivity index (χ4n) is 2.82. The Balaban J connectivity index is 1.55. The predicted molar refractivity (Wildman–Crippen MR) is 71.3 cm³/mol. The molecule has 3 heteroatoms. The first-order valence-electron chi connectivity index (χ1n) is 7.42. The van der Waals surface area contributed by atoms with Crippen LogP contribution in [0.25, 0.3) is 0 Å². The fourth-order valence-corrected chi connectivity index (χ4v) is 2.82. The van der Waals surface area contributed by atoms with Crippen LogP contribution >= 0.6 is 0 Å². The summed E-state index contributed by atoms with van der Waals surface area (Å²) in [4.78, 5) is 2.63. The summed E-state index contributed by atoms with van der Waals surface area (Å²) in [6, 6.07) is 0.758. The van der Waals surface area contributed by atoms with E-state index in [4.69, 9.17) is 4.74 Å². The van der Waals surface area contributed by atoms with Crippen LogP contribution in [0.5, 0.6) is 0 Å². The maximum absolute atomic E-state index is 5.41. The molecule has 0 aromatic carbocycles. The van der Waals surface area contributed by atoms with Gasteiger partial charge in [-0.3, -0.25) is 0 Å². The number of piperidine rings is 1. The molecule has 0 aliphatic carbocycles. The minimum Gasteiger partial charge on any atom is -0.381 e. The van der Waals surface area contributed by atoms with Crippen LogP contribution < -0.4 is 5.32 Å². The minimum absolute atomic E-state index is 0.758. The Labute approximate surface area is 106 Å². The molecule has 0 radical (unpaired) electrons. The van der Waals surface area contributed by atoms with Gasteiger partial charge in [-0.25, -0.2) is 0 Å². The van der Waals surface area contributed by atoms with Gasteiger partial charge >= 0.3 is 0 Å². The highest BCUT2D eigenvalue weighted by Gasteiger charge is 2.21. The average Bonchev–Trinajstić information content (AvgIpc) is 2.88. The van der Waals surface area contributed by atoms with Gasteiger partial charge in [0.15, 0.2) is 0 Å². The average molecular weight is 240 g/mol. The van der Waals surface area contributed by atoms with Crippen LogP contribution in [0.1, 0.15) is 39.0 Å². The van der Waals surface area contributed by atoms with Gasteiger partial charge in [0.25, 0.3) is 0 Å². The lowest BCUT2D eigenvalue weighted by atomic mass is 10.0. The molecule has 1 N–H and O–H groups in total. The van der Waals surface area contributed by atoms with Crippen LogP contribution in [-0.4, -0.2) is 50.3 Å². The lowest BCUT2D eigenvalue weighted by molar-refractivity contribution is 0.176. The number of nitrogens with one attached hydrogen (secondary N) is 1. The van der Waals surface area contributed by atoms with E-state index < -0.39 is 0 Å². The third-order valence-electron chi connectivity index (χ3n) is 4.13. The number of likely N-dealkylation sites (tertiary alicyclic amines) is 1. The zero-order valence-electron chi connectivity index (χ0n) is 11.3. The summed E-state index contributed by atoms with van der Waals surface area (Å²) in [7, 11) is 0. The molecule has 0 aromatic heterocycles. The molecule has 100 valence electrons. The molecule has 3 nitrogen and oxygen atoms in total. The van der Waals surface area contributed by atoms with E-state index in [0.29, 0.717) is 0 Å². The van der Waals surface area contributed by atoms with Crippen molar-refractivity contribution in [2.45, 2.75) is 45.1 Å².